The molecular weight excluding hydrogens is 250 g/mol. The summed E-state index contributed by atoms with van der Waals surface area (Å²) < 4.78 is 5.75. The zero-order valence-corrected chi connectivity index (χ0v) is 11.7. The van der Waals surface area contributed by atoms with E-state index < -0.39 is 0 Å². The molecule has 106 valence electrons. The van der Waals surface area contributed by atoms with Gasteiger partial charge in [0.15, 0.2) is 0 Å². The molecule has 0 saturated carbocycles. The van der Waals surface area contributed by atoms with Crippen LogP contribution in [0.2, 0.25) is 0 Å². The lowest BCUT2D eigenvalue weighted by Gasteiger charge is -2.23. The van der Waals surface area contributed by atoms with Crippen LogP contribution in [0.15, 0.2) is 42.7 Å². The molecule has 1 aliphatic rings. The fraction of sp³-hybridized carbons (Fsp3) is 0.438. The third kappa shape index (κ3) is 3.20. The Bertz CT molecular complexity index is 498. The second-order valence-electron chi connectivity index (χ2n) is 5.24. The fourth-order valence-electron chi connectivity index (χ4n) is 2.89. The van der Waals surface area contributed by atoms with Crippen molar-refractivity contribution in [3.05, 3.63) is 48.3 Å². The van der Waals surface area contributed by atoms with Gasteiger partial charge < -0.3 is 4.74 Å². The fourth-order valence-corrected chi connectivity index (χ4v) is 2.89. The molecule has 1 aliphatic heterocycles. The first-order chi connectivity index (χ1) is 9.93. The normalized spacial score (nSPS) is 19.3. The third-order valence-electron chi connectivity index (χ3n) is 3.87. The number of aromatic amines is 1. The highest BCUT2D eigenvalue weighted by molar-refractivity contribution is 5.20. The molecule has 1 unspecified atom stereocenters. The number of H-pyrrole nitrogens is 1. The maximum Gasteiger partial charge on any atom is 0.119 e. The quantitative estimate of drug-likeness (QED) is 0.821. The van der Waals surface area contributed by atoms with E-state index in [2.05, 4.69) is 15.1 Å². The number of nitrogens with zero attached hydrogens (tertiary/aromatic N) is 2. The van der Waals surface area contributed by atoms with Gasteiger partial charge in [-0.1, -0.05) is 18.2 Å². The Balaban J connectivity index is 1.44. The van der Waals surface area contributed by atoms with Crippen LogP contribution in [0.5, 0.6) is 5.75 Å². The Kier molecular flexibility index (Phi) is 4.33. The second kappa shape index (κ2) is 6.57. The van der Waals surface area contributed by atoms with Gasteiger partial charge in [-0.25, -0.2) is 0 Å². The van der Waals surface area contributed by atoms with E-state index in [0.29, 0.717) is 6.04 Å². The monoisotopic (exact) mass is 271 g/mol. The topological polar surface area (TPSA) is 41.1 Å². The average Bonchev–Trinajstić information content (AvgIpc) is 3.15. The van der Waals surface area contributed by atoms with Crippen LogP contribution in [0.3, 0.4) is 0 Å². The maximum atomic E-state index is 5.75. The minimum Gasteiger partial charge on any atom is -0.494 e. The summed E-state index contributed by atoms with van der Waals surface area (Å²) in [5, 5.41) is 6.98. The van der Waals surface area contributed by atoms with Crippen LogP contribution in [-0.2, 0) is 0 Å². The highest BCUT2D eigenvalue weighted by atomic mass is 16.5. The van der Waals surface area contributed by atoms with Crippen molar-refractivity contribution in [2.24, 2.45) is 0 Å². The largest absolute Gasteiger partial charge is 0.494 e. The van der Waals surface area contributed by atoms with E-state index in [-0.39, 0.29) is 0 Å². The number of rotatable bonds is 6. The molecule has 4 nitrogen and oxygen atoms in total. The van der Waals surface area contributed by atoms with Crippen LogP contribution in [0.4, 0.5) is 0 Å². The van der Waals surface area contributed by atoms with Gasteiger partial charge in [0, 0.05) is 24.3 Å². The standard InChI is InChI=1S/C16H21N3O/c1-2-6-15(7-3-1)20-11-5-10-19-9-4-8-16(19)14-12-17-18-13-14/h1-3,6-7,12-13,16H,4-5,8-11H2,(H,17,18). The summed E-state index contributed by atoms with van der Waals surface area (Å²) in [5.41, 5.74) is 1.31. The van der Waals surface area contributed by atoms with E-state index >= 15 is 0 Å². The summed E-state index contributed by atoms with van der Waals surface area (Å²) in [4.78, 5) is 2.54. The number of aromatic nitrogens is 2. The summed E-state index contributed by atoms with van der Waals surface area (Å²) in [6.07, 6.45) is 7.53. The summed E-state index contributed by atoms with van der Waals surface area (Å²) in [6.45, 7) is 3.04. The number of hydrogen-bond acceptors (Lipinski definition) is 3. The predicted molar refractivity (Wildman–Crippen MR) is 78.7 cm³/mol. The molecule has 0 spiro atoms. The van der Waals surface area contributed by atoms with E-state index in [1.54, 1.807) is 0 Å². The molecule has 1 aromatic heterocycles. The van der Waals surface area contributed by atoms with Crippen LogP contribution in [-0.4, -0.2) is 34.8 Å². The van der Waals surface area contributed by atoms with Crippen molar-refractivity contribution in [1.82, 2.24) is 15.1 Å². The minimum atomic E-state index is 0.533. The van der Waals surface area contributed by atoms with E-state index in [9.17, 15) is 0 Å². The summed E-state index contributed by atoms with van der Waals surface area (Å²) in [7, 11) is 0. The van der Waals surface area contributed by atoms with Gasteiger partial charge in [0.05, 0.1) is 12.8 Å². The van der Waals surface area contributed by atoms with E-state index in [0.717, 1.165) is 25.3 Å². The van der Waals surface area contributed by atoms with Crippen molar-refractivity contribution in [3.63, 3.8) is 0 Å². The summed E-state index contributed by atoms with van der Waals surface area (Å²) in [5.74, 6) is 0.959. The Labute approximate surface area is 119 Å². The van der Waals surface area contributed by atoms with Gasteiger partial charge in [0.25, 0.3) is 0 Å². The van der Waals surface area contributed by atoms with Crippen molar-refractivity contribution in [3.8, 4) is 5.75 Å². The van der Waals surface area contributed by atoms with Gasteiger partial charge in [0.1, 0.15) is 5.75 Å². The molecule has 1 aromatic carbocycles. The lowest BCUT2D eigenvalue weighted by atomic mass is 10.1. The zero-order valence-electron chi connectivity index (χ0n) is 11.7. The molecule has 3 rings (SSSR count). The number of hydrogen-bond donors (Lipinski definition) is 1. The Hall–Kier alpha value is -1.81. The van der Waals surface area contributed by atoms with Gasteiger partial charge in [0.2, 0.25) is 0 Å². The van der Waals surface area contributed by atoms with Crippen molar-refractivity contribution in [2.75, 3.05) is 19.7 Å². The second-order valence-corrected chi connectivity index (χ2v) is 5.24. The van der Waals surface area contributed by atoms with E-state index in [1.807, 2.05) is 42.7 Å². The molecule has 1 fully saturated rings. The zero-order chi connectivity index (χ0) is 13.6. The molecule has 1 saturated heterocycles. The van der Waals surface area contributed by atoms with Crippen molar-refractivity contribution in [2.45, 2.75) is 25.3 Å². The number of ether oxygens (including phenoxy) is 1. The maximum absolute atomic E-state index is 5.75. The van der Waals surface area contributed by atoms with Gasteiger partial charge >= 0.3 is 0 Å². The molecule has 0 radical (unpaired) electrons. The number of para-hydroxylation sites is 1. The van der Waals surface area contributed by atoms with Gasteiger partial charge in [-0.05, 0) is 37.9 Å². The van der Waals surface area contributed by atoms with Crippen LogP contribution in [0, 0.1) is 0 Å². The SMILES string of the molecule is c1ccc(OCCCN2CCCC2c2cn[nH]c2)cc1. The first-order valence-corrected chi connectivity index (χ1v) is 7.34. The Morgan fingerprint density at radius 1 is 1.30 bits per heavy atom. The Morgan fingerprint density at radius 2 is 2.20 bits per heavy atom. The van der Waals surface area contributed by atoms with Crippen LogP contribution in [0.1, 0.15) is 30.9 Å². The lowest BCUT2D eigenvalue weighted by Crippen LogP contribution is -2.25. The molecule has 1 N–H and O–H groups in total. The van der Waals surface area contributed by atoms with Crippen molar-refractivity contribution < 1.29 is 4.74 Å². The van der Waals surface area contributed by atoms with E-state index in [1.165, 1.54) is 24.9 Å². The highest BCUT2D eigenvalue weighted by Gasteiger charge is 2.25. The number of likely N-dealkylation sites (tertiary alicyclic amines) is 1. The smallest absolute Gasteiger partial charge is 0.119 e. The minimum absolute atomic E-state index is 0.533. The van der Waals surface area contributed by atoms with E-state index in [4.69, 9.17) is 4.74 Å². The molecule has 4 heteroatoms. The van der Waals surface area contributed by atoms with Crippen molar-refractivity contribution >= 4 is 0 Å². The lowest BCUT2D eigenvalue weighted by molar-refractivity contribution is 0.222. The first kappa shape index (κ1) is 13.2. The average molecular weight is 271 g/mol. The van der Waals surface area contributed by atoms with Gasteiger partial charge in [-0.3, -0.25) is 10.00 Å². The molecule has 0 bridgehead atoms. The Morgan fingerprint density at radius 3 is 3.00 bits per heavy atom. The molecule has 1 atom stereocenters. The molecule has 2 heterocycles. The number of benzene rings is 1. The molecule has 0 aliphatic carbocycles. The first-order valence-electron chi connectivity index (χ1n) is 7.34. The van der Waals surface area contributed by atoms with Gasteiger partial charge in [-0.2, -0.15) is 5.10 Å². The highest BCUT2D eigenvalue weighted by Crippen LogP contribution is 2.31. The molecule has 20 heavy (non-hydrogen) atoms. The number of nitrogens with one attached hydrogen (secondary N) is 1. The molecule has 0 amide bonds. The third-order valence-corrected chi connectivity index (χ3v) is 3.87. The van der Waals surface area contributed by atoms with Crippen LogP contribution in [0.25, 0.3) is 0 Å². The van der Waals surface area contributed by atoms with Crippen molar-refractivity contribution in [1.29, 1.82) is 0 Å². The van der Waals surface area contributed by atoms with Gasteiger partial charge in [-0.15, -0.1) is 0 Å². The summed E-state index contributed by atoms with van der Waals surface area (Å²) >= 11 is 0. The van der Waals surface area contributed by atoms with Crippen LogP contribution >= 0.6 is 0 Å². The molecular formula is C16H21N3O. The summed E-state index contributed by atoms with van der Waals surface area (Å²) in [6, 6.07) is 10.6. The predicted octanol–water partition coefficient (Wildman–Crippen LogP) is 3.02. The molecule has 2 aromatic rings. The van der Waals surface area contributed by atoms with Crippen LogP contribution < -0.4 is 4.74 Å².